The molecule has 0 aliphatic rings. The second-order valence-corrected chi connectivity index (χ2v) is 4.71. The number of hydrogen-bond donors (Lipinski definition) is 2. The van der Waals surface area contributed by atoms with E-state index >= 15 is 0 Å². The van der Waals surface area contributed by atoms with Gasteiger partial charge in [-0.15, -0.1) is 0 Å². The van der Waals surface area contributed by atoms with Gasteiger partial charge in [0, 0.05) is 11.3 Å². The van der Waals surface area contributed by atoms with Gasteiger partial charge in [0.2, 0.25) is 0 Å². The molecule has 0 aliphatic heterocycles. The normalized spacial score (nSPS) is 10.3. The first kappa shape index (κ1) is 13.4. The zero-order chi connectivity index (χ0) is 14.0. The Kier molecular flexibility index (Phi) is 3.71. The molecule has 2 rings (SSSR count). The predicted octanol–water partition coefficient (Wildman–Crippen LogP) is 3.19. The number of nitrogens with two attached hydrogens (primary N) is 1. The van der Waals surface area contributed by atoms with Gasteiger partial charge in [-0.3, -0.25) is 4.79 Å². The zero-order valence-corrected chi connectivity index (χ0v) is 11.5. The molecule has 0 fully saturated rings. The minimum absolute atomic E-state index is 0.201. The minimum atomic E-state index is -0.256. The van der Waals surface area contributed by atoms with E-state index in [1.807, 2.05) is 32.0 Å². The van der Waals surface area contributed by atoms with Crippen LogP contribution in [0, 0.1) is 13.8 Å². The van der Waals surface area contributed by atoms with Gasteiger partial charge in [-0.25, -0.2) is 4.98 Å². The van der Waals surface area contributed by atoms with E-state index in [4.69, 9.17) is 17.3 Å². The fourth-order valence-corrected chi connectivity index (χ4v) is 2.06. The molecule has 0 unspecified atom stereocenters. The maximum atomic E-state index is 12.2. The smallest absolute Gasteiger partial charge is 0.255 e. The molecule has 1 heterocycles. The highest BCUT2D eigenvalue weighted by Crippen LogP contribution is 2.21. The van der Waals surface area contributed by atoms with Crippen molar-refractivity contribution in [2.75, 3.05) is 11.1 Å². The lowest BCUT2D eigenvalue weighted by molar-refractivity contribution is 0.102. The molecule has 0 saturated carbocycles. The van der Waals surface area contributed by atoms with Crippen molar-refractivity contribution in [3.63, 3.8) is 0 Å². The maximum absolute atomic E-state index is 12.2. The number of halogens is 1. The fraction of sp³-hybridized carbons (Fsp3) is 0.143. The molecule has 0 spiro atoms. The van der Waals surface area contributed by atoms with E-state index in [0.29, 0.717) is 5.56 Å². The Morgan fingerprint density at radius 3 is 2.47 bits per heavy atom. The van der Waals surface area contributed by atoms with Crippen molar-refractivity contribution in [2.45, 2.75) is 13.8 Å². The SMILES string of the molecule is Cc1cccc(C)c1NC(=O)c1cc(N)nc(Cl)c1. The summed E-state index contributed by atoms with van der Waals surface area (Å²) < 4.78 is 0. The van der Waals surface area contributed by atoms with Crippen LogP contribution in [0.3, 0.4) is 0 Å². The number of hydrogen-bond acceptors (Lipinski definition) is 3. The Hall–Kier alpha value is -2.07. The fourth-order valence-electron chi connectivity index (χ4n) is 1.85. The molecule has 0 atom stereocenters. The van der Waals surface area contributed by atoms with Crippen LogP contribution in [0.5, 0.6) is 0 Å². The molecule has 1 aromatic carbocycles. The summed E-state index contributed by atoms with van der Waals surface area (Å²) in [5.74, 6) is -0.0347. The van der Waals surface area contributed by atoms with Crippen LogP contribution < -0.4 is 11.1 Å². The molecule has 19 heavy (non-hydrogen) atoms. The molecule has 0 bridgehead atoms. The van der Waals surface area contributed by atoms with Gasteiger partial charge < -0.3 is 11.1 Å². The number of amides is 1. The van der Waals surface area contributed by atoms with Gasteiger partial charge in [0.05, 0.1) is 0 Å². The number of nitrogens with one attached hydrogen (secondary N) is 1. The molecule has 4 nitrogen and oxygen atoms in total. The van der Waals surface area contributed by atoms with Gasteiger partial charge in [-0.2, -0.15) is 0 Å². The quantitative estimate of drug-likeness (QED) is 0.827. The lowest BCUT2D eigenvalue weighted by Gasteiger charge is -2.11. The molecule has 3 N–H and O–H groups in total. The van der Waals surface area contributed by atoms with Crippen molar-refractivity contribution >= 4 is 29.0 Å². The molecule has 0 aliphatic carbocycles. The maximum Gasteiger partial charge on any atom is 0.255 e. The zero-order valence-electron chi connectivity index (χ0n) is 10.7. The van der Waals surface area contributed by atoms with Crippen molar-refractivity contribution in [1.29, 1.82) is 0 Å². The topological polar surface area (TPSA) is 68.0 Å². The third-order valence-electron chi connectivity index (χ3n) is 2.80. The van der Waals surface area contributed by atoms with Gasteiger partial charge in [-0.05, 0) is 37.1 Å². The standard InChI is InChI=1S/C14H14ClN3O/c1-8-4-3-5-9(2)13(8)18-14(19)10-6-11(15)17-12(16)7-10/h3-7H,1-2H3,(H2,16,17)(H,18,19). The van der Waals surface area contributed by atoms with Gasteiger partial charge >= 0.3 is 0 Å². The van der Waals surface area contributed by atoms with E-state index in [9.17, 15) is 4.79 Å². The van der Waals surface area contributed by atoms with Crippen LogP contribution in [-0.2, 0) is 0 Å². The summed E-state index contributed by atoms with van der Waals surface area (Å²) in [5.41, 5.74) is 8.77. The van der Waals surface area contributed by atoms with Crippen LogP contribution in [0.25, 0.3) is 0 Å². The third-order valence-corrected chi connectivity index (χ3v) is 2.99. The first-order valence-corrected chi connectivity index (χ1v) is 6.16. The summed E-state index contributed by atoms with van der Waals surface area (Å²) in [6.07, 6.45) is 0. The number of benzene rings is 1. The predicted molar refractivity (Wildman–Crippen MR) is 77.5 cm³/mol. The number of para-hydroxylation sites is 1. The van der Waals surface area contributed by atoms with Gasteiger partial charge in [0.1, 0.15) is 11.0 Å². The largest absolute Gasteiger partial charge is 0.384 e. The molecule has 5 heteroatoms. The summed E-state index contributed by atoms with van der Waals surface area (Å²) in [6.45, 7) is 3.88. The Morgan fingerprint density at radius 1 is 1.26 bits per heavy atom. The Morgan fingerprint density at radius 2 is 1.89 bits per heavy atom. The monoisotopic (exact) mass is 275 g/mol. The summed E-state index contributed by atoms with van der Waals surface area (Å²) in [5, 5.41) is 3.07. The van der Waals surface area contributed by atoms with E-state index < -0.39 is 0 Å². The Labute approximate surface area is 116 Å². The van der Waals surface area contributed by atoms with E-state index in [2.05, 4.69) is 10.3 Å². The van der Waals surface area contributed by atoms with Crippen LogP contribution >= 0.6 is 11.6 Å². The van der Waals surface area contributed by atoms with Crippen LogP contribution in [0.4, 0.5) is 11.5 Å². The van der Waals surface area contributed by atoms with Gasteiger partial charge in [0.25, 0.3) is 5.91 Å². The molecular formula is C14H14ClN3O. The molecule has 1 aromatic heterocycles. The minimum Gasteiger partial charge on any atom is -0.384 e. The van der Waals surface area contributed by atoms with Crippen molar-refractivity contribution in [3.05, 3.63) is 52.2 Å². The lowest BCUT2D eigenvalue weighted by Crippen LogP contribution is -2.14. The van der Waals surface area contributed by atoms with Crippen LogP contribution in [0.15, 0.2) is 30.3 Å². The highest BCUT2D eigenvalue weighted by molar-refractivity contribution is 6.30. The Balaban J connectivity index is 2.31. The number of carbonyl (C=O) groups excluding carboxylic acids is 1. The van der Waals surface area contributed by atoms with E-state index in [1.54, 1.807) is 0 Å². The first-order chi connectivity index (χ1) is 8.97. The highest BCUT2D eigenvalue weighted by atomic mass is 35.5. The number of aryl methyl sites for hydroxylation is 2. The second-order valence-electron chi connectivity index (χ2n) is 4.32. The Bertz CT molecular complexity index is 600. The van der Waals surface area contributed by atoms with E-state index in [1.165, 1.54) is 12.1 Å². The number of pyridine rings is 1. The molecule has 1 amide bonds. The number of nitrogen functional groups attached to an aromatic ring is 1. The van der Waals surface area contributed by atoms with Crippen molar-refractivity contribution in [1.82, 2.24) is 4.98 Å². The van der Waals surface area contributed by atoms with E-state index in [0.717, 1.165) is 16.8 Å². The number of anilines is 2. The van der Waals surface area contributed by atoms with Crippen LogP contribution in [0.1, 0.15) is 21.5 Å². The number of rotatable bonds is 2. The van der Waals surface area contributed by atoms with E-state index in [-0.39, 0.29) is 16.9 Å². The van der Waals surface area contributed by atoms with Crippen molar-refractivity contribution < 1.29 is 4.79 Å². The van der Waals surface area contributed by atoms with Gasteiger partial charge in [0.15, 0.2) is 0 Å². The van der Waals surface area contributed by atoms with Crippen LogP contribution in [-0.4, -0.2) is 10.9 Å². The summed E-state index contributed by atoms with van der Waals surface area (Å²) >= 11 is 5.79. The van der Waals surface area contributed by atoms with Crippen LogP contribution in [0.2, 0.25) is 5.15 Å². The summed E-state index contributed by atoms with van der Waals surface area (Å²) in [4.78, 5) is 16.0. The number of aromatic nitrogens is 1. The molecule has 0 radical (unpaired) electrons. The number of carbonyl (C=O) groups is 1. The third kappa shape index (κ3) is 3.03. The summed E-state index contributed by atoms with van der Waals surface area (Å²) in [6, 6.07) is 8.81. The highest BCUT2D eigenvalue weighted by Gasteiger charge is 2.11. The average molecular weight is 276 g/mol. The van der Waals surface area contributed by atoms with Gasteiger partial charge in [-0.1, -0.05) is 29.8 Å². The number of nitrogens with zero attached hydrogens (tertiary/aromatic N) is 1. The molecule has 98 valence electrons. The lowest BCUT2D eigenvalue weighted by atomic mass is 10.1. The molecule has 0 saturated heterocycles. The first-order valence-electron chi connectivity index (χ1n) is 5.78. The second kappa shape index (κ2) is 5.28. The van der Waals surface area contributed by atoms with Crippen molar-refractivity contribution in [2.24, 2.45) is 0 Å². The average Bonchev–Trinajstić information content (AvgIpc) is 2.32. The summed E-state index contributed by atoms with van der Waals surface area (Å²) in [7, 11) is 0. The molecular weight excluding hydrogens is 262 g/mol. The van der Waals surface area contributed by atoms with Crippen molar-refractivity contribution in [3.8, 4) is 0 Å². The molecule has 2 aromatic rings.